The first-order chi connectivity index (χ1) is 11.5. The van der Waals surface area contributed by atoms with Crippen molar-refractivity contribution >= 4 is 0 Å². The third-order valence-electron chi connectivity index (χ3n) is 3.56. The van der Waals surface area contributed by atoms with Gasteiger partial charge in [0.2, 0.25) is 17.1 Å². The van der Waals surface area contributed by atoms with E-state index in [0.29, 0.717) is 6.07 Å². The van der Waals surface area contributed by atoms with Crippen LogP contribution in [-0.4, -0.2) is 5.11 Å². The number of benzene rings is 1. The van der Waals surface area contributed by atoms with Gasteiger partial charge < -0.3 is 20.0 Å². The Bertz CT molecular complexity index is 960. The smallest absolute Gasteiger partial charge is 0.228 e. The number of hydrogen-bond acceptors (Lipinski definition) is 6. The number of nitriles is 1. The summed E-state index contributed by atoms with van der Waals surface area (Å²) in [4.78, 5) is 12.1. The lowest BCUT2D eigenvalue weighted by Gasteiger charge is -2.25. The van der Waals surface area contributed by atoms with Gasteiger partial charge in [-0.2, -0.15) is 5.26 Å². The number of ether oxygens (including phenoxy) is 1. The number of halogens is 2. The molecule has 1 aromatic carbocycles. The molecule has 1 aromatic heterocycles. The molecule has 0 amide bonds. The van der Waals surface area contributed by atoms with Gasteiger partial charge in [0.05, 0.1) is 5.92 Å². The first-order valence-corrected chi connectivity index (χ1v) is 6.76. The Morgan fingerprint density at radius 3 is 2.71 bits per heavy atom. The molecule has 24 heavy (non-hydrogen) atoms. The second-order valence-electron chi connectivity index (χ2n) is 5.02. The molecule has 8 heteroatoms. The first-order valence-electron chi connectivity index (χ1n) is 6.76. The van der Waals surface area contributed by atoms with Crippen molar-refractivity contribution in [2.24, 2.45) is 5.73 Å². The van der Waals surface area contributed by atoms with Crippen molar-refractivity contribution in [2.75, 3.05) is 0 Å². The highest BCUT2D eigenvalue weighted by Gasteiger charge is 2.36. The Kier molecular flexibility index (Phi) is 3.79. The van der Waals surface area contributed by atoms with Gasteiger partial charge in [0.1, 0.15) is 35.6 Å². The Labute approximate surface area is 134 Å². The average Bonchev–Trinajstić information content (AvgIpc) is 2.54. The maximum absolute atomic E-state index is 14.2. The highest BCUT2D eigenvalue weighted by molar-refractivity contribution is 5.52. The van der Waals surface area contributed by atoms with E-state index in [1.165, 1.54) is 0 Å². The van der Waals surface area contributed by atoms with Gasteiger partial charge in [0.15, 0.2) is 5.76 Å². The predicted octanol–water partition coefficient (Wildman–Crippen LogP) is 1.63. The number of aliphatic hydroxyl groups is 1. The fraction of sp³-hybridized carbons (Fsp3) is 0.125. The molecular weight excluding hydrogens is 322 g/mol. The van der Waals surface area contributed by atoms with E-state index in [9.17, 15) is 23.9 Å². The van der Waals surface area contributed by atoms with Crippen molar-refractivity contribution in [3.05, 3.63) is 74.7 Å². The van der Waals surface area contributed by atoms with Crippen LogP contribution < -0.4 is 15.9 Å². The summed E-state index contributed by atoms with van der Waals surface area (Å²) >= 11 is 0. The lowest BCUT2D eigenvalue weighted by atomic mass is 9.87. The Morgan fingerprint density at radius 2 is 2.08 bits per heavy atom. The molecule has 0 fully saturated rings. The van der Waals surface area contributed by atoms with Gasteiger partial charge in [-0.1, -0.05) is 6.07 Å². The van der Waals surface area contributed by atoms with Crippen LogP contribution in [0.4, 0.5) is 8.78 Å². The summed E-state index contributed by atoms with van der Waals surface area (Å²) < 4.78 is 37.9. The molecular formula is C16H10F2N2O4. The van der Waals surface area contributed by atoms with Crippen molar-refractivity contribution in [1.82, 2.24) is 0 Å². The summed E-state index contributed by atoms with van der Waals surface area (Å²) in [6.45, 7) is -0.581. The van der Waals surface area contributed by atoms with Gasteiger partial charge in [-0.15, -0.1) is 0 Å². The van der Waals surface area contributed by atoms with E-state index in [4.69, 9.17) is 14.9 Å². The minimum Gasteiger partial charge on any atom is -0.458 e. The zero-order chi connectivity index (χ0) is 17.4. The van der Waals surface area contributed by atoms with Crippen LogP contribution in [-0.2, 0) is 6.61 Å². The molecule has 2 aromatic rings. The Balaban J connectivity index is 2.33. The molecule has 3 N–H and O–H groups in total. The van der Waals surface area contributed by atoms with Crippen LogP contribution in [0.5, 0.6) is 5.75 Å². The number of fused-ring (bicyclic) bond motifs is 1. The van der Waals surface area contributed by atoms with E-state index in [-0.39, 0.29) is 34.3 Å². The zero-order valence-electron chi connectivity index (χ0n) is 12.0. The molecule has 1 aliphatic rings. The molecule has 1 aliphatic heterocycles. The number of rotatable bonds is 2. The van der Waals surface area contributed by atoms with Gasteiger partial charge >= 0.3 is 0 Å². The summed E-state index contributed by atoms with van der Waals surface area (Å²) in [6, 6.07) is 5.56. The minimum atomic E-state index is -1.20. The molecule has 0 unspecified atom stereocenters. The molecule has 0 saturated carbocycles. The lowest BCUT2D eigenvalue weighted by Crippen LogP contribution is -2.26. The van der Waals surface area contributed by atoms with Crippen molar-refractivity contribution in [3.8, 4) is 11.8 Å². The highest BCUT2D eigenvalue weighted by atomic mass is 19.1. The van der Waals surface area contributed by atoms with E-state index in [1.54, 1.807) is 6.07 Å². The molecule has 0 radical (unpaired) electrons. The molecule has 0 bridgehead atoms. The van der Waals surface area contributed by atoms with Crippen LogP contribution in [0, 0.1) is 23.0 Å². The van der Waals surface area contributed by atoms with Gasteiger partial charge in [-0.25, -0.2) is 8.78 Å². The van der Waals surface area contributed by atoms with Gasteiger partial charge in [-0.3, -0.25) is 4.79 Å². The topological polar surface area (TPSA) is 109 Å². The van der Waals surface area contributed by atoms with Crippen LogP contribution in [0.1, 0.15) is 23.0 Å². The maximum Gasteiger partial charge on any atom is 0.228 e. The number of hydrogen-bond donors (Lipinski definition) is 2. The molecule has 2 heterocycles. The summed E-state index contributed by atoms with van der Waals surface area (Å²) in [5.74, 6) is -3.89. The molecule has 0 spiro atoms. The average molecular weight is 332 g/mol. The maximum atomic E-state index is 14.2. The van der Waals surface area contributed by atoms with Crippen molar-refractivity contribution in [1.29, 1.82) is 5.26 Å². The van der Waals surface area contributed by atoms with Gasteiger partial charge in [-0.05, 0) is 6.07 Å². The lowest BCUT2D eigenvalue weighted by molar-refractivity contribution is 0.231. The normalized spacial score (nSPS) is 16.3. The van der Waals surface area contributed by atoms with Crippen molar-refractivity contribution < 1.29 is 23.0 Å². The Morgan fingerprint density at radius 1 is 1.33 bits per heavy atom. The molecule has 0 saturated heterocycles. The highest BCUT2D eigenvalue weighted by Crippen LogP contribution is 2.41. The summed E-state index contributed by atoms with van der Waals surface area (Å²) in [5.41, 5.74) is 4.71. The number of nitrogens with two attached hydrogens (primary N) is 1. The van der Waals surface area contributed by atoms with Crippen molar-refractivity contribution in [2.45, 2.75) is 12.5 Å². The van der Waals surface area contributed by atoms with Crippen LogP contribution in [0.15, 0.2) is 44.9 Å². The number of allylic oxidation sites excluding steroid dienone is 1. The molecule has 3 rings (SSSR count). The van der Waals surface area contributed by atoms with Gasteiger partial charge in [0, 0.05) is 17.7 Å². The molecule has 0 aliphatic carbocycles. The van der Waals surface area contributed by atoms with Crippen molar-refractivity contribution in [3.63, 3.8) is 0 Å². The number of aliphatic hydroxyl groups excluding tert-OH is 1. The third kappa shape index (κ3) is 2.41. The molecule has 122 valence electrons. The summed E-state index contributed by atoms with van der Waals surface area (Å²) in [7, 11) is 0. The van der Waals surface area contributed by atoms with E-state index in [2.05, 4.69) is 0 Å². The van der Waals surface area contributed by atoms with E-state index < -0.39 is 29.6 Å². The fourth-order valence-corrected chi connectivity index (χ4v) is 2.51. The van der Waals surface area contributed by atoms with Crippen LogP contribution in [0.3, 0.4) is 0 Å². The quantitative estimate of drug-likeness (QED) is 0.865. The number of nitrogens with zero attached hydrogens (tertiary/aromatic N) is 1. The Hall–Kier alpha value is -3.18. The third-order valence-corrected chi connectivity index (χ3v) is 3.56. The van der Waals surface area contributed by atoms with E-state index in [1.807, 2.05) is 0 Å². The second-order valence-corrected chi connectivity index (χ2v) is 5.02. The minimum absolute atomic E-state index is 0.0902. The standard InChI is InChI=1S/C16H10F2N2O4/c17-7-1-2-9(11(18)3-7)13-10(5-19)16(20)24-14-12(22)4-8(6-21)23-15(13)14/h1-4,13,21H,6,20H2/t13-/m0/s1. The van der Waals surface area contributed by atoms with Crippen LogP contribution >= 0.6 is 0 Å². The summed E-state index contributed by atoms with van der Waals surface area (Å²) in [6.07, 6.45) is 0. The zero-order valence-corrected chi connectivity index (χ0v) is 12.0. The van der Waals surface area contributed by atoms with Crippen LogP contribution in [0.2, 0.25) is 0 Å². The van der Waals surface area contributed by atoms with Crippen LogP contribution in [0.25, 0.3) is 0 Å². The largest absolute Gasteiger partial charge is 0.458 e. The molecule has 6 nitrogen and oxygen atoms in total. The monoisotopic (exact) mass is 332 g/mol. The van der Waals surface area contributed by atoms with E-state index in [0.717, 1.165) is 18.2 Å². The fourth-order valence-electron chi connectivity index (χ4n) is 2.51. The first kappa shape index (κ1) is 15.7. The summed E-state index contributed by atoms with van der Waals surface area (Å²) in [5, 5.41) is 18.5. The second kappa shape index (κ2) is 5.79. The SMILES string of the molecule is N#CC1=C(N)Oc2c(oc(CO)cc2=O)[C@H]1c1ccc(F)cc1F. The van der Waals surface area contributed by atoms with Gasteiger partial charge in [0.25, 0.3) is 0 Å². The van der Waals surface area contributed by atoms with E-state index >= 15 is 0 Å². The molecule has 1 atom stereocenters. The predicted molar refractivity (Wildman–Crippen MR) is 76.6 cm³/mol.